The van der Waals surface area contributed by atoms with Crippen LogP contribution in [0.15, 0.2) is 77.9 Å². The number of hydrogen-bond acceptors (Lipinski definition) is 6. The molecule has 3 aromatic carbocycles. The van der Waals surface area contributed by atoms with Crippen LogP contribution in [0.4, 0.5) is 24.5 Å². The second-order valence-corrected chi connectivity index (χ2v) is 8.30. The summed E-state index contributed by atoms with van der Waals surface area (Å²) in [6, 6.07) is 17.4. The molecule has 0 saturated heterocycles. The number of anilines is 2. The van der Waals surface area contributed by atoms with Crippen molar-refractivity contribution in [3.05, 3.63) is 83.9 Å². The van der Waals surface area contributed by atoms with Crippen molar-refractivity contribution in [1.82, 2.24) is 5.43 Å². The summed E-state index contributed by atoms with van der Waals surface area (Å²) >= 11 is 0. The van der Waals surface area contributed by atoms with Crippen LogP contribution in [0.2, 0.25) is 0 Å². The molecule has 9 nitrogen and oxygen atoms in total. The van der Waals surface area contributed by atoms with Gasteiger partial charge in [0, 0.05) is 11.3 Å². The minimum absolute atomic E-state index is 0.172. The molecule has 0 saturated carbocycles. The van der Waals surface area contributed by atoms with Gasteiger partial charge in [0.05, 0.1) is 24.1 Å². The lowest BCUT2D eigenvalue weighted by atomic mass is 10.1. The van der Waals surface area contributed by atoms with Crippen molar-refractivity contribution in [2.45, 2.75) is 25.9 Å². The van der Waals surface area contributed by atoms with Gasteiger partial charge < -0.3 is 20.1 Å². The van der Waals surface area contributed by atoms with Gasteiger partial charge in [-0.05, 0) is 55.0 Å². The Morgan fingerprint density at radius 1 is 0.875 bits per heavy atom. The maximum absolute atomic E-state index is 13.1. The van der Waals surface area contributed by atoms with Crippen molar-refractivity contribution in [2.75, 3.05) is 23.8 Å². The monoisotopic (exact) mass is 556 g/mol. The van der Waals surface area contributed by atoms with Gasteiger partial charge in [-0.3, -0.25) is 14.4 Å². The predicted octanol–water partition coefficient (Wildman–Crippen LogP) is 4.99. The van der Waals surface area contributed by atoms with E-state index < -0.39 is 41.8 Å². The zero-order chi connectivity index (χ0) is 29.0. The van der Waals surface area contributed by atoms with Crippen LogP contribution in [0.3, 0.4) is 0 Å². The number of halogens is 3. The lowest BCUT2D eigenvalue weighted by Crippen LogP contribution is -2.32. The number of para-hydroxylation sites is 2. The number of benzene rings is 3. The first-order chi connectivity index (χ1) is 19.2. The van der Waals surface area contributed by atoms with Gasteiger partial charge in [0.2, 0.25) is 0 Å². The molecule has 0 heterocycles. The Hall–Kier alpha value is -4.87. The van der Waals surface area contributed by atoms with E-state index in [1.54, 1.807) is 42.5 Å². The minimum Gasteiger partial charge on any atom is -0.494 e. The molecule has 12 heteroatoms. The minimum atomic E-state index is -4.64. The zero-order valence-corrected chi connectivity index (χ0v) is 21.5. The van der Waals surface area contributed by atoms with Gasteiger partial charge in [-0.15, -0.1) is 0 Å². The van der Waals surface area contributed by atoms with Crippen molar-refractivity contribution >= 4 is 35.3 Å². The number of rotatable bonds is 11. The Morgan fingerprint density at radius 3 is 2.30 bits per heavy atom. The highest BCUT2D eigenvalue weighted by atomic mass is 19.4. The lowest BCUT2D eigenvalue weighted by molar-refractivity contribution is -0.137. The maximum atomic E-state index is 13.1. The molecule has 3 rings (SSSR count). The molecule has 210 valence electrons. The van der Waals surface area contributed by atoms with E-state index in [9.17, 15) is 27.6 Å². The van der Waals surface area contributed by atoms with Crippen LogP contribution in [0, 0.1) is 0 Å². The summed E-state index contributed by atoms with van der Waals surface area (Å²) in [6.07, 6.45) is -1.51. The summed E-state index contributed by atoms with van der Waals surface area (Å²) in [6.45, 7) is 2.05. The zero-order valence-electron chi connectivity index (χ0n) is 21.5. The van der Waals surface area contributed by atoms with Crippen LogP contribution in [-0.4, -0.2) is 37.1 Å². The molecule has 0 aliphatic carbocycles. The van der Waals surface area contributed by atoms with Crippen molar-refractivity contribution in [3.63, 3.8) is 0 Å². The van der Waals surface area contributed by atoms with Crippen molar-refractivity contribution < 1.29 is 37.0 Å². The summed E-state index contributed by atoms with van der Waals surface area (Å²) < 4.78 is 50.4. The SMILES string of the molecule is CCCCOc1ccc(NC(=O)C(=O)N/N=C\c2ccccc2OCC(=O)Nc2ccccc2C(F)(F)F)cc1. The summed E-state index contributed by atoms with van der Waals surface area (Å²) in [7, 11) is 0. The Morgan fingerprint density at radius 2 is 1.57 bits per heavy atom. The third-order valence-electron chi connectivity index (χ3n) is 5.24. The predicted molar refractivity (Wildman–Crippen MR) is 143 cm³/mol. The Bertz CT molecular complexity index is 1340. The Balaban J connectivity index is 1.51. The Kier molecular flexibility index (Phi) is 10.6. The summed E-state index contributed by atoms with van der Waals surface area (Å²) in [5.41, 5.74) is 1.45. The first-order valence-electron chi connectivity index (χ1n) is 12.2. The second-order valence-electron chi connectivity index (χ2n) is 8.30. The van der Waals surface area contributed by atoms with E-state index in [0.29, 0.717) is 23.6 Å². The van der Waals surface area contributed by atoms with Crippen molar-refractivity contribution in [2.24, 2.45) is 5.10 Å². The van der Waals surface area contributed by atoms with Crippen LogP contribution < -0.4 is 25.5 Å². The van der Waals surface area contributed by atoms with E-state index in [2.05, 4.69) is 28.1 Å². The Labute approximate surface area is 228 Å². The molecule has 3 amide bonds. The number of nitrogens with zero attached hydrogens (tertiary/aromatic N) is 1. The van der Waals surface area contributed by atoms with E-state index >= 15 is 0 Å². The van der Waals surface area contributed by atoms with Crippen LogP contribution in [0.25, 0.3) is 0 Å². The van der Waals surface area contributed by atoms with Crippen molar-refractivity contribution in [1.29, 1.82) is 0 Å². The van der Waals surface area contributed by atoms with Crippen LogP contribution in [0.1, 0.15) is 30.9 Å². The van der Waals surface area contributed by atoms with E-state index in [4.69, 9.17) is 9.47 Å². The van der Waals surface area contributed by atoms with Gasteiger partial charge in [0.1, 0.15) is 11.5 Å². The molecule has 0 aliphatic heterocycles. The number of carbonyl (C=O) groups excluding carboxylic acids is 3. The molecule has 40 heavy (non-hydrogen) atoms. The van der Waals surface area contributed by atoms with Crippen LogP contribution >= 0.6 is 0 Å². The number of ether oxygens (including phenoxy) is 2. The van der Waals surface area contributed by atoms with E-state index in [1.165, 1.54) is 24.4 Å². The lowest BCUT2D eigenvalue weighted by Gasteiger charge is -2.14. The first kappa shape index (κ1) is 29.7. The third-order valence-corrected chi connectivity index (χ3v) is 5.24. The molecule has 0 unspecified atom stereocenters. The number of alkyl halides is 3. The quantitative estimate of drug-likeness (QED) is 0.133. The molecule has 0 radical (unpaired) electrons. The molecule has 3 N–H and O–H groups in total. The normalized spacial score (nSPS) is 11.1. The largest absolute Gasteiger partial charge is 0.494 e. The molecule has 0 spiro atoms. The molecule has 0 atom stereocenters. The third kappa shape index (κ3) is 9.15. The molecule has 3 aromatic rings. The highest BCUT2D eigenvalue weighted by Gasteiger charge is 2.33. The van der Waals surface area contributed by atoms with Gasteiger partial charge >= 0.3 is 18.0 Å². The van der Waals surface area contributed by atoms with Gasteiger partial charge in [-0.25, -0.2) is 5.43 Å². The average Bonchev–Trinajstić information content (AvgIpc) is 2.93. The average molecular weight is 557 g/mol. The maximum Gasteiger partial charge on any atom is 0.418 e. The fourth-order valence-corrected chi connectivity index (χ4v) is 3.26. The fraction of sp³-hybridized carbons (Fsp3) is 0.214. The van der Waals surface area contributed by atoms with Gasteiger partial charge in [0.25, 0.3) is 5.91 Å². The first-order valence-corrected chi connectivity index (χ1v) is 12.2. The van der Waals surface area contributed by atoms with Gasteiger partial charge in [-0.1, -0.05) is 37.6 Å². The number of unbranched alkanes of at least 4 members (excludes halogenated alkanes) is 1. The summed E-state index contributed by atoms with van der Waals surface area (Å²) in [5.74, 6) is -1.97. The van der Waals surface area contributed by atoms with Crippen LogP contribution in [0.5, 0.6) is 11.5 Å². The molecular formula is C28H27F3N4O5. The number of carbonyl (C=O) groups is 3. The van der Waals surface area contributed by atoms with Crippen LogP contribution in [-0.2, 0) is 20.6 Å². The van der Waals surface area contributed by atoms with E-state index in [0.717, 1.165) is 25.0 Å². The molecule has 0 bridgehead atoms. The molecule has 0 aromatic heterocycles. The highest BCUT2D eigenvalue weighted by Crippen LogP contribution is 2.34. The van der Waals surface area contributed by atoms with Gasteiger partial charge in [-0.2, -0.15) is 18.3 Å². The standard InChI is InChI=1S/C28H27F3N4O5/c1-2-3-16-39-21-14-12-20(13-15-21)33-26(37)27(38)35-32-17-19-8-4-7-11-24(19)40-18-25(36)34-23-10-6-5-9-22(23)28(29,30)31/h4-15,17H,2-3,16,18H2,1H3,(H,33,37)(H,34,36)(H,35,38)/b32-17-. The number of amides is 3. The van der Waals surface area contributed by atoms with Crippen molar-refractivity contribution in [3.8, 4) is 11.5 Å². The van der Waals surface area contributed by atoms with E-state index in [1.807, 2.05) is 0 Å². The molecule has 0 fully saturated rings. The topological polar surface area (TPSA) is 118 Å². The van der Waals surface area contributed by atoms with Gasteiger partial charge in [0.15, 0.2) is 6.61 Å². The molecular weight excluding hydrogens is 529 g/mol. The van der Waals surface area contributed by atoms with E-state index in [-0.39, 0.29) is 5.75 Å². The fourth-order valence-electron chi connectivity index (χ4n) is 3.26. The summed E-state index contributed by atoms with van der Waals surface area (Å²) in [5, 5.41) is 8.37. The summed E-state index contributed by atoms with van der Waals surface area (Å²) in [4.78, 5) is 36.5. The number of hydrogen-bond donors (Lipinski definition) is 3. The smallest absolute Gasteiger partial charge is 0.418 e. The number of hydrazone groups is 1. The highest BCUT2D eigenvalue weighted by molar-refractivity contribution is 6.39. The molecule has 0 aliphatic rings. The second kappa shape index (κ2) is 14.3. The number of nitrogens with one attached hydrogen (secondary N) is 3.